The number of ether oxygens (including phenoxy) is 2. The highest BCUT2D eigenvalue weighted by molar-refractivity contribution is 5.68. The minimum absolute atomic E-state index is 0.290. The van der Waals surface area contributed by atoms with E-state index < -0.39 is 12.4 Å². The number of carbonyl (C=O) groups is 1. The zero-order chi connectivity index (χ0) is 11.9. The monoisotopic (exact) mass is 218 g/mol. The number of nitrogens with one attached hydrogen (secondary N) is 2. The molecular formula is C10H22N2O3. The molecule has 0 aromatic heterocycles. The molecule has 5 nitrogen and oxygen atoms in total. The summed E-state index contributed by atoms with van der Waals surface area (Å²) in [5.74, 6) is 0. The molecule has 5 heteroatoms. The summed E-state index contributed by atoms with van der Waals surface area (Å²) < 4.78 is 10.2. The molecule has 0 aromatic rings. The maximum Gasteiger partial charge on any atom is 0.409 e. The molecule has 1 amide bonds. The second kappa shape index (κ2) is 6.63. The molecular weight excluding hydrogens is 196 g/mol. The fourth-order valence-corrected chi connectivity index (χ4v) is 0.847. The summed E-state index contributed by atoms with van der Waals surface area (Å²) in [6.07, 6.45) is -0.986. The van der Waals surface area contributed by atoms with Crippen LogP contribution in [0.2, 0.25) is 0 Å². The molecule has 1 atom stereocenters. The van der Waals surface area contributed by atoms with Crippen LogP contribution >= 0.6 is 0 Å². The molecule has 1 unspecified atom stereocenters. The Kier molecular flexibility index (Phi) is 6.27. The molecule has 0 aliphatic rings. The van der Waals surface area contributed by atoms with Gasteiger partial charge in [0.05, 0.1) is 6.61 Å². The Balaban J connectivity index is 3.67. The molecule has 0 aliphatic heterocycles. The first-order chi connectivity index (χ1) is 6.85. The van der Waals surface area contributed by atoms with E-state index >= 15 is 0 Å². The topological polar surface area (TPSA) is 59.6 Å². The number of carbonyl (C=O) groups excluding carboxylic acids is 1. The average Bonchev–Trinajstić information content (AvgIpc) is 2.00. The lowest BCUT2D eigenvalue weighted by molar-refractivity contribution is -0.0905. The number of rotatable bonds is 5. The van der Waals surface area contributed by atoms with Crippen molar-refractivity contribution >= 4 is 6.09 Å². The Bertz CT molecular complexity index is 190. The first kappa shape index (κ1) is 14.2. The third kappa shape index (κ3) is 9.49. The van der Waals surface area contributed by atoms with Crippen molar-refractivity contribution in [1.82, 2.24) is 10.6 Å². The van der Waals surface area contributed by atoms with Crippen LogP contribution in [0.25, 0.3) is 0 Å². The normalized spacial score (nSPS) is 13.4. The van der Waals surface area contributed by atoms with Crippen LogP contribution in [0.1, 0.15) is 27.7 Å². The highest BCUT2D eigenvalue weighted by Crippen LogP contribution is 2.01. The highest BCUT2D eigenvalue weighted by Gasteiger charge is 2.16. The standard InChI is InChI=1S/C10H22N2O3/c1-8(14-7-6-11-5)15-9(13)12-10(2,3)4/h8,11H,6-7H2,1-5H3,(H,12,13). The molecule has 0 bridgehead atoms. The first-order valence-corrected chi connectivity index (χ1v) is 5.10. The van der Waals surface area contributed by atoms with Gasteiger partial charge in [-0.1, -0.05) is 0 Å². The summed E-state index contributed by atoms with van der Waals surface area (Å²) in [6, 6.07) is 0. The van der Waals surface area contributed by atoms with E-state index in [0.717, 1.165) is 6.54 Å². The fraction of sp³-hybridized carbons (Fsp3) is 0.900. The third-order valence-electron chi connectivity index (χ3n) is 1.45. The third-order valence-corrected chi connectivity index (χ3v) is 1.45. The molecule has 0 aliphatic carbocycles. The lowest BCUT2D eigenvalue weighted by Crippen LogP contribution is -2.42. The fourth-order valence-electron chi connectivity index (χ4n) is 0.847. The Labute approximate surface area is 91.5 Å². The van der Waals surface area contributed by atoms with E-state index in [9.17, 15) is 4.79 Å². The summed E-state index contributed by atoms with van der Waals surface area (Å²) in [5.41, 5.74) is -0.290. The van der Waals surface area contributed by atoms with Gasteiger partial charge in [-0.2, -0.15) is 0 Å². The quantitative estimate of drug-likeness (QED) is 0.536. The van der Waals surface area contributed by atoms with Crippen molar-refractivity contribution in [2.24, 2.45) is 0 Å². The van der Waals surface area contributed by atoms with Crippen LogP contribution in [-0.4, -0.2) is 38.1 Å². The molecule has 0 spiro atoms. The van der Waals surface area contributed by atoms with Gasteiger partial charge in [-0.25, -0.2) is 4.79 Å². The molecule has 0 saturated heterocycles. The van der Waals surface area contributed by atoms with E-state index in [1.54, 1.807) is 6.92 Å². The van der Waals surface area contributed by atoms with Gasteiger partial charge in [0.15, 0.2) is 0 Å². The van der Waals surface area contributed by atoms with Gasteiger partial charge < -0.3 is 20.1 Å². The number of hydrogen-bond acceptors (Lipinski definition) is 4. The van der Waals surface area contributed by atoms with E-state index in [1.807, 2.05) is 27.8 Å². The summed E-state index contributed by atoms with van der Waals surface area (Å²) >= 11 is 0. The van der Waals surface area contributed by atoms with Crippen LogP contribution in [-0.2, 0) is 9.47 Å². The minimum Gasteiger partial charge on any atom is -0.420 e. The van der Waals surface area contributed by atoms with Crippen LogP contribution in [0, 0.1) is 0 Å². The van der Waals surface area contributed by atoms with Crippen LogP contribution in [0.4, 0.5) is 4.79 Å². The van der Waals surface area contributed by atoms with Gasteiger partial charge in [-0.3, -0.25) is 0 Å². The van der Waals surface area contributed by atoms with Gasteiger partial charge in [-0.05, 0) is 34.7 Å². The zero-order valence-electron chi connectivity index (χ0n) is 10.2. The van der Waals surface area contributed by atoms with Crippen molar-refractivity contribution in [3.8, 4) is 0 Å². The highest BCUT2D eigenvalue weighted by atomic mass is 16.7. The predicted octanol–water partition coefficient (Wildman–Crippen LogP) is 1.09. The van der Waals surface area contributed by atoms with Gasteiger partial charge in [-0.15, -0.1) is 0 Å². The summed E-state index contributed by atoms with van der Waals surface area (Å²) in [5, 5.41) is 5.62. The van der Waals surface area contributed by atoms with Crippen molar-refractivity contribution in [1.29, 1.82) is 0 Å². The van der Waals surface area contributed by atoms with Crippen LogP contribution < -0.4 is 10.6 Å². The number of amides is 1. The van der Waals surface area contributed by atoms with E-state index in [-0.39, 0.29) is 5.54 Å². The lowest BCUT2D eigenvalue weighted by atomic mass is 10.1. The zero-order valence-corrected chi connectivity index (χ0v) is 10.2. The number of likely N-dealkylation sites (N-methyl/N-ethyl adjacent to an activating group) is 1. The van der Waals surface area contributed by atoms with Gasteiger partial charge in [0.1, 0.15) is 0 Å². The van der Waals surface area contributed by atoms with E-state index in [1.165, 1.54) is 0 Å². The Morgan fingerprint density at radius 2 is 2.00 bits per heavy atom. The van der Waals surface area contributed by atoms with Gasteiger partial charge >= 0.3 is 6.09 Å². The molecule has 90 valence electrons. The summed E-state index contributed by atoms with van der Waals surface area (Å²) in [7, 11) is 1.83. The van der Waals surface area contributed by atoms with Crippen LogP contribution in [0.15, 0.2) is 0 Å². The molecule has 0 aromatic carbocycles. The number of alkyl carbamates (subject to hydrolysis) is 1. The minimum atomic E-state index is -0.527. The van der Waals surface area contributed by atoms with Crippen molar-refractivity contribution in [3.05, 3.63) is 0 Å². The van der Waals surface area contributed by atoms with E-state index in [4.69, 9.17) is 9.47 Å². The maximum absolute atomic E-state index is 11.3. The molecule has 0 heterocycles. The lowest BCUT2D eigenvalue weighted by Gasteiger charge is -2.22. The van der Waals surface area contributed by atoms with Crippen molar-refractivity contribution < 1.29 is 14.3 Å². The maximum atomic E-state index is 11.3. The van der Waals surface area contributed by atoms with Gasteiger partial charge in [0.25, 0.3) is 0 Å². The second-order valence-corrected chi connectivity index (χ2v) is 4.32. The van der Waals surface area contributed by atoms with Crippen molar-refractivity contribution in [2.75, 3.05) is 20.2 Å². The van der Waals surface area contributed by atoms with Crippen LogP contribution in [0.3, 0.4) is 0 Å². The molecule has 0 saturated carbocycles. The first-order valence-electron chi connectivity index (χ1n) is 5.10. The SMILES string of the molecule is CNCCOC(C)OC(=O)NC(C)(C)C. The Hall–Kier alpha value is -0.810. The summed E-state index contributed by atoms with van der Waals surface area (Å²) in [6.45, 7) is 8.61. The predicted molar refractivity (Wildman–Crippen MR) is 58.7 cm³/mol. The molecule has 15 heavy (non-hydrogen) atoms. The van der Waals surface area contributed by atoms with Crippen molar-refractivity contribution in [2.45, 2.75) is 39.5 Å². The van der Waals surface area contributed by atoms with E-state index in [2.05, 4.69) is 10.6 Å². The van der Waals surface area contributed by atoms with E-state index in [0.29, 0.717) is 6.61 Å². The van der Waals surface area contributed by atoms with Crippen LogP contribution in [0.5, 0.6) is 0 Å². The second-order valence-electron chi connectivity index (χ2n) is 4.32. The smallest absolute Gasteiger partial charge is 0.409 e. The van der Waals surface area contributed by atoms with Gasteiger partial charge in [0.2, 0.25) is 6.29 Å². The van der Waals surface area contributed by atoms with Gasteiger partial charge in [0, 0.05) is 12.1 Å². The summed E-state index contributed by atoms with van der Waals surface area (Å²) in [4.78, 5) is 11.3. The molecule has 0 radical (unpaired) electrons. The Morgan fingerprint density at radius 3 is 2.47 bits per heavy atom. The molecule has 2 N–H and O–H groups in total. The average molecular weight is 218 g/mol. The molecule has 0 fully saturated rings. The van der Waals surface area contributed by atoms with Crippen molar-refractivity contribution in [3.63, 3.8) is 0 Å². The Morgan fingerprint density at radius 1 is 1.40 bits per heavy atom. The number of hydrogen-bond donors (Lipinski definition) is 2. The largest absolute Gasteiger partial charge is 0.420 e. The molecule has 0 rings (SSSR count).